The molecule has 0 radical (unpaired) electrons. The minimum absolute atomic E-state index is 0.00546. The van der Waals surface area contributed by atoms with Crippen molar-refractivity contribution in [2.45, 2.75) is 227 Å². The highest BCUT2D eigenvalue weighted by Crippen LogP contribution is 2.28. The normalized spacial score (nSPS) is 12.8. The van der Waals surface area contributed by atoms with Gasteiger partial charge in [0, 0.05) is 12.8 Å². The van der Waals surface area contributed by atoms with Gasteiger partial charge in [-0.15, -0.1) is 0 Å². The van der Waals surface area contributed by atoms with Crippen molar-refractivity contribution in [3.05, 3.63) is 0 Å². The summed E-state index contributed by atoms with van der Waals surface area (Å²) in [6.45, 7) is 13.0. The standard InChI is InChI=1S/C42H82O4/c1-6-8-10-12-14-21-27-33-41(43)45-35-29-23-17-16-19-25-31-39(5)37-40(38(3)4)32-26-20-18-24-30-36-46-42(44)34-28-22-15-13-11-9-7-2/h38-40H,6-37H2,1-5H3. The topological polar surface area (TPSA) is 52.6 Å². The van der Waals surface area contributed by atoms with Crippen molar-refractivity contribution >= 4 is 11.9 Å². The van der Waals surface area contributed by atoms with Crippen LogP contribution in [0.25, 0.3) is 0 Å². The predicted molar refractivity (Wildman–Crippen MR) is 199 cm³/mol. The fraction of sp³-hybridized carbons (Fsp3) is 0.952. The summed E-state index contributed by atoms with van der Waals surface area (Å²) in [5.74, 6) is 2.44. The molecule has 0 aliphatic rings. The molecule has 0 N–H and O–H groups in total. The van der Waals surface area contributed by atoms with E-state index in [-0.39, 0.29) is 11.9 Å². The summed E-state index contributed by atoms with van der Waals surface area (Å²) >= 11 is 0. The summed E-state index contributed by atoms with van der Waals surface area (Å²) < 4.78 is 10.9. The van der Waals surface area contributed by atoms with E-state index in [9.17, 15) is 9.59 Å². The number of unbranched alkanes of at least 4 members (excludes halogenated alkanes) is 21. The quantitative estimate of drug-likeness (QED) is 0.0500. The van der Waals surface area contributed by atoms with Gasteiger partial charge in [0.25, 0.3) is 0 Å². The third-order valence-electron chi connectivity index (χ3n) is 9.95. The van der Waals surface area contributed by atoms with Gasteiger partial charge in [0.15, 0.2) is 0 Å². The van der Waals surface area contributed by atoms with Gasteiger partial charge in [0.1, 0.15) is 0 Å². The molecule has 0 heterocycles. The number of hydrogen-bond acceptors (Lipinski definition) is 4. The molecule has 0 aromatic heterocycles. The molecule has 4 nitrogen and oxygen atoms in total. The monoisotopic (exact) mass is 651 g/mol. The maximum atomic E-state index is 11.9. The highest BCUT2D eigenvalue weighted by molar-refractivity contribution is 5.69. The average Bonchev–Trinajstić information content (AvgIpc) is 3.03. The maximum absolute atomic E-state index is 11.9. The van der Waals surface area contributed by atoms with Gasteiger partial charge < -0.3 is 9.47 Å². The minimum atomic E-state index is 0.00546. The van der Waals surface area contributed by atoms with Crippen LogP contribution in [0.15, 0.2) is 0 Å². The zero-order valence-electron chi connectivity index (χ0n) is 32.0. The van der Waals surface area contributed by atoms with Crippen LogP contribution in [0.3, 0.4) is 0 Å². The first-order valence-corrected chi connectivity index (χ1v) is 20.7. The lowest BCUT2D eigenvalue weighted by molar-refractivity contribution is -0.144. The average molecular weight is 651 g/mol. The second kappa shape index (κ2) is 35.3. The maximum Gasteiger partial charge on any atom is 0.305 e. The number of hydrogen-bond donors (Lipinski definition) is 0. The van der Waals surface area contributed by atoms with E-state index in [1.54, 1.807) is 0 Å². The molecular weight excluding hydrogens is 568 g/mol. The first-order valence-electron chi connectivity index (χ1n) is 20.7. The van der Waals surface area contributed by atoms with E-state index < -0.39 is 0 Å². The molecule has 2 unspecified atom stereocenters. The molecule has 0 aromatic carbocycles. The number of esters is 2. The van der Waals surface area contributed by atoms with Crippen molar-refractivity contribution in [2.75, 3.05) is 13.2 Å². The van der Waals surface area contributed by atoms with Gasteiger partial charge in [-0.2, -0.15) is 0 Å². The van der Waals surface area contributed by atoms with Gasteiger partial charge in [0.05, 0.1) is 13.2 Å². The highest BCUT2D eigenvalue weighted by Gasteiger charge is 2.16. The second-order valence-corrected chi connectivity index (χ2v) is 15.0. The van der Waals surface area contributed by atoms with Crippen LogP contribution in [-0.2, 0) is 19.1 Å². The van der Waals surface area contributed by atoms with Gasteiger partial charge in [0.2, 0.25) is 0 Å². The van der Waals surface area contributed by atoms with Crippen LogP contribution in [-0.4, -0.2) is 25.2 Å². The van der Waals surface area contributed by atoms with Gasteiger partial charge in [-0.1, -0.05) is 182 Å². The Labute approximate surface area is 288 Å². The molecule has 0 aliphatic heterocycles. The van der Waals surface area contributed by atoms with Crippen molar-refractivity contribution in [3.8, 4) is 0 Å². The van der Waals surface area contributed by atoms with E-state index in [4.69, 9.17) is 9.47 Å². The van der Waals surface area contributed by atoms with Crippen LogP contribution in [0.1, 0.15) is 227 Å². The van der Waals surface area contributed by atoms with Gasteiger partial charge in [-0.05, 0) is 49.9 Å². The van der Waals surface area contributed by atoms with E-state index in [1.165, 1.54) is 141 Å². The smallest absolute Gasteiger partial charge is 0.305 e. The molecule has 46 heavy (non-hydrogen) atoms. The van der Waals surface area contributed by atoms with Crippen molar-refractivity contribution in [2.24, 2.45) is 17.8 Å². The van der Waals surface area contributed by atoms with E-state index in [0.29, 0.717) is 26.1 Å². The number of carbonyl (C=O) groups is 2. The predicted octanol–water partition coefficient (Wildman–Crippen LogP) is 13.7. The molecule has 274 valence electrons. The fourth-order valence-electron chi connectivity index (χ4n) is 6.67. The Bertz CT molecular complexity index is 646. The Morgan fingerprint density at radius 2 is 0.783 bits per heavy atom. The lowest BCUT2D eigenvalue weighted by Crippen LogP contribution is -2.13. The SMILES string of the molecule is CCCCCCCCCC(=O)OCCCCCCCCC(C)CC(CCCCCCCOC(=O)CCCCCCCCC)C(C)C. The van der Waals surface area contributed by atoms with E-state index in [0.717, 1.165) is 56.3 Å². The van der Waals surface area contributed by atoms with Gasteiger partial charge in [-0.3, -0.25) is 9.59 Å². The lowest BCUT2D eigenvalue weighted by Gasteiger charge is -2.24. The first-order chi connectivity index (χ1) is 22.4. The van der Waals surface area contributed by atoms with Crippen LogP contribution < -0.4 is 0 Å². The van der Waals surface area contributed by atoms with Gasteiger partial charge in [-0.25, -0.2) is 0 Å². The summed E-state index contributed by atoms with van der Waals surface area (Å²) in [4.78, 5) is 23.8. The Kier molecular flexibility index (Phi) is 34.4. The van der Waals surface area contributed by atoms with Crippen molar-refractivity contribution in [1.82, 2.24) is 0 Å². The number of rotatable bonds is 36. The van der Waals surface area contributed by atoms with Crippen molar-refractivity contribution in [3.63, 3.8) is 0 Å². The largest absolute Gasteiger partial charge is 0.466 e. The zero-order valence-corrected chi connectivity index (χ0v) is 32.0. The summed E-state index contributed by atoms with van der Waals surface area (Å²) in [5, 5.41) is 0. The minimum Gasteiger partial charge on any atom is -0.466 e. The number of ether oxygens (including phenoxy) is 2. The van der Waals surface area contributed by atoms with Crippen LogP contribution in [0.2, 0.25) is 0 Å². The molecule has 4 heteroatoms. The highest BCUT2D eigenvalue weighted by atomic mass is 16.5. The van der Waals surface area contributed by atoms with Crippen molar-refractivity contribution < 1.29 is 19.1 Å². The molecule has 0 aromatic rings. The lowest BCUT2D eigenvalue weighted by atomic mass is 9.82. The molecule has 0 fully saturated rings. The fourth-order valence-corrected chi connectivity index (χ4v) is 6.67. The summed E-state index contributed by atoms with van der Waals surface area (Å²) in [6.07, 6.45) is 36.2. The van der Waals surface area contributed by atoms with Crippen LogP contribution in [0.5, 0.6) is 0 Å². The van der Waals surface area contributed by atoms with Crippen molar-refractivity contribution in [1.29, 1.82) is 0 Å². The van der Waals surface area contributed by atoms with E-state index in [2.05, 4.69) is 34.6 Å². The van der Waals surface area contributed by atoms with E-state index >= 15 is 0 Å². The van der Waals surface area contributed by atoms with E-state index in [1.807, 2.05) is 0 Å². The summed E-state index contributed by atoms with van der Waals surface area (Å²) in [6, 6.07) is 0. The molecular formula is C42H82O4. The number of carbonyl (C=O) groups excluding carboxylic acids is 2. The summed E-state index contributed by atoms with van der Waals surface area (Å²) in [7, 11) is 0. The second-order valence-electron chi connectivity index (χ2n) is 15.0. The molecule has 0 amide bonds. The molecule has 0 spiro atoms. The van der Waals surface area contributed by atoms with Crippen LogP contribution in [0.4, 0.5) is 0 Å². The third kappa shape index (κ3) is 32.9. The molecule has 0 aliphatic carbocycles. The van der Waals surface area contributed by atoms with Crippen LogP contribution >= 0.6 is 0 Å². The van der Waals surface area contributed by atoms with Gasteiger partial charge >= 0.3 is 11.9 Å². The Morgan fingerprint density at radius 3 is 1.20 bits per heavy atom. The Morgan fingerprint density at radius 1 is 0.435 bits per heavy atom. The molecule has 0 saturated heterocycles. The molecule has 0 saturated carbocycles. The van der Waals surface area contributed by atoms with Crippen LogP contribution in [0, 0.1) is 17.8 Å². The Balaban J connectivity index is 3.62. The first kappa shape index (κ1) is 44.9. The zero-order chi connectivity index (χ0) is 33.9. The summed E-state index contributed by atoms with van der Waals surface area (Å²) in [5.41, 5.74) is 0. The molecule has 2 atom stereocenters. The molecule has 0 rings (SSSR count). The third-order valence-corrected chi connectivity index (χ3v) is 9.95. The Hall–Kier alpha value is -1.06. The molecule has 0 bridgehead atoms.